The highest BCUT2D eigenvalue weighted by Gasteiger charge is 2.54. The fourth-order valence-corrected chi connectivity index (χ4v) is 12.9. The molecule has 3 aromatic heterocycles. The molecule has 0 fully saturated rings. The smallest absolute Gasteiger partial charge is 0.207 e. The van der Waals surface area contributed by atoms with Gasteiger partial charge >= 0.3 is 0 Å². The van der Waals surface area contributed by atoms with Crippen molar-refractivity contribution in [1.82, 2.24) is 24.1 Å². The lowest BCUT2D eigenvalue weighted by molar-refractivity contribution is 0.579. The van der Waals surface area contributed by atoms with E-state index in [-0.39, 0.29) is 0 Å². The average Bonchev–Trinajstić information content (AvgIpc) is 3.91. The van der Waals surface area contributed by atoms with Crippen molar-refractivity contribution in [2.24, 2.45) is 0 Å². The minimum Gasteiger partial charge on any atom is -0.309 e. The molecule has 14 rings (SSSR count). The SMILES string of the molecule is O=S1(=O)c2ccccc2C2(c3ccccc3-n3c4ccccc4c4cccc2c43)c2c1ccc1c2c2ccccc2n1-c1cccc(-c2nc(-c3ccccc3)nc(-c3ccccc3)n2)c1. The molecule has 0 aliphatic carbocycles. The van der Waals surface area contributed by atoms with Crippen molar-refractivity contribution < 1.29 is 8.42 Å². The first-order valence-electron chi connectivity index (χ1n) is 22.0. The molecule has 1 unspecified atom stereocenters. The van der Waals surface area contributed by atoms with Gasteiger partial charge in [-0.3, -0.25) is 0 Å². The van der Waals surface area contributed by atoms with Crippen LogP contribution in [-0.4, -0.2) is 32.5 Å². The van der Waals surface area contributed by atoms with E-state index in [1.54, 1.807) is 6.07 Å². The monoisotopic (exact) mass is 865 g/mol. The molecule has 12 aromatic rings. The number of aromatic nitrogens is 5. The summed E-state index contributed by atoms with van der Waals surface area (Å²) in [6.07, 6.45) is 0. The molecular formula is C58H35N5O2S. The third-order valence-corrected chi connectivity index (χ3v) is 15.6. The molecule has 310 valence electrons. The van der Waals surface area contributed by atoms with Crippen LogP contribution in [0.5, 0.6) is 0 Å². The van der Waals surface area contributed by atoms with Gasteiger partial charge in [0.1, 0.15) is 0 Å². The molecule has 5 heterocycles. The van der Waals surface area contributed by atoms with E-state index in [2.05, 4.69) is 106 Å². The van der Waals surface area contributed by atoms with E-state index in [4.69, 9.17) is 15.0 Å². The van der Waals surface area contributed by atoms with Gasteiger partial charge in [0.15, 0.2) is 17.5 Å². The number of benzene rings is 9. The van der Waals surface area contributed by atoms with E-state index in [1.165, 1.54) is 0 Å². The van der Waals surface area contributed by atoms with Gasteiger partial charge in [-0.05, 0) is 65.2 Å². The molecule has 1 spiro atoms. The van der Waals surface area contributed by atoms with Gasteiger partial charge in [-0.25, -0.2) is 23.4 Å². The lowest BCUT2D eigenvalue weighted by Gasteiger charge is -2.45. The molecule has 9 aromatic carbocycles. The number of para-hydroxylation sites is 4. The second-order valence-electron chi connectivity index (χ2n) is 17.1. The maximum Gasteiger partial charge on any atom is 0.207 e. The molecule has 2 aliphatic rings. The third kappa shape index (κ3) is 4.85. The van der Waals surface area contributed by atoms with Crippen LogP contribution in [0.4, 0.5) is 0 Å². The predicted molar refractivity (Wildman–Crippen MR) is 262 cm³/mol. The van der Waals surface area contributed by atoms with E-state index < -0.39 is 15.3 Å². The van der Waals surface area contributed by atoms with Crippen molar-refractivity contribution in [2.45, 2.75) is 15.2 Å². The van der Waals surface area contributed by atoms with Gasteiger partial charge < -0.3 is 9.13 Å². The van der Waals surface area contributed by atoms with Gasteiger partial charge in [-0.15, -0.1) is 0 Å². The van der Waals surface area contributed by atoms with Crippen LogP contribution in [0.25, 0.3) is 89.2 Å². The Balaban J connectivity index is 1.09. The summed E-state index contributed by atoms with van der Waals surface area (Å²) < 4.78 is 35.3. The number of nitrogens with zero attached hydrogens (tertiary/aromatic N) is 5. The molecule has 0 saturated carbocycles. The first-order chi connectivity index (χ1) is 32.5. The summed E-state index contributed by atoms with van der Waals surface area (Å²) in [7, 11) is -4.00. The van der Waals surface area contributed by atoms with Crippen LogP contribution in [0.15, 0.2) is 222 Å². The predicted octanol–water partition coefficient (Wildman–Crippen LogP) is 12.9. The molecular weight excluding hydrogens is 831 g/mol. The zero-order chi connectivity index (χ0) is 43.7. The highest BCUT2D eigenvalue weighted by atomic mass is 32.2. The molecule has 8 heteroatoms. The van der Waals surface area contributed by atoms with Crippen molar-refractivity contribution in [1.29, 1.82) is 0 Å². The Bertz CT molecular complexity index is 4080. The molecule has 0 N–H and O–H groups in total. The normalized spacial score (nSPS) is 15.6. The number of hydrogen-bond acceptors (Lipinski definition) is 5. The topological polar surface area (TPSA) is 82.7 Å². The molecule has 7 nitrogen and oxygen atoms in total. The molecule has 0 radical (unpaired) electrons. The Hall–Kier alpha value is -8.46. The summed E-state index contributed by atoms with van der Waals surface area (Å²) in [5.41, 5.74) is 11.1. The van der Waals surface area contributed by atoms with Crippen LogP contribution in [0.3, 0.4) is 0 Å². The second kappa shape index (κ2) is 13.5. The number of sulfone groups is 1. The number of hydrogen-bond donors (Lipinski definition) is 0. The molecule has 0 bridgehead atoms. The Labute approximate surface area is 379 Å². The van der Waals surface area contributed by atoms with Crippen LogP contribution in [0, 0.1) is 0 Å². The van der Waals surface area contributed by atoms with Crippen LogP contribution >= 0.6 is 0 Å². The van der Waals surface area contributed by atoms with Crippen molar-refractivity contribution in [3.05, 3.63) is 235 Å². The van der Waals surface area contributed by atoms with Crippen molar-refractivity contribution >= 4 is 53.4 Å². The van der Waals surface area contributed by atoms with Crippen LogP contribution < -0.4 is 0 Å². The van der Waals surface area contributed by atoms with Crippen LogP contribution in [0.1, 0.15) is 22.3 Å². The Morgan fingerprint density at radius 2 is 0.939 bits per heavy atom. The van der Waals surface area contributed by atoms with Crippen LogP contribution in [-0.2, 0) is 15.3 Å². The fourth-order valence-electron chi connectivity index (χ4n) is 11.2. The molecule has 0 saturated heterocycles. The second-order valence-corrected chi connectivity index (χ2v) is 19.0. The van der Waals surface area contributed by atoms with E-state index >= 15 is 8.42 Å². The van der Waals surface area contributed by atoms with Gasteiger partial charge in [0.2, 0.25) is 9.84 Å². The van der Waals surface area contributed by atoms with Gasteiger partial charge in [0.25, 0.3) is 0 Å². The standard InChI is InChI=1S/C58H35N5O2S/c64-66(65)50-32-14-10-27-44(50)58(43-26-9-13-31-48(43)63-46-29-11-7-23-40(46)41-25-16-28-45(58)54(41)63)53-51(66)34-33-49-52(53)42-24-8-12-30-47(42)62(49)39-22-15-21-38(35-39)57-60-55(36-17-3-1-4-18-36)59-56(61-57)37-19-5-2-6-20-37/h1-35H. The van der Waals surface area contributed by atoms with Crippen molar-refractivity contribution in [3.8, 4) is 45.5 Å². The summed E-state index contributed by atoms with van der Waals surface area (Å²) in [6.45, 7) is 0. The summed E-state index contributed by atoms with van der Waals surface area (Å²) in [6, 6.07) is 71.8. The number of fused-ring (bicyclic) bond motifs is 15. The summed E-state index contributed by atoms with van der Waals surface area (Å²) in [5.74, 6) is 1.72. The maximum absolute atomic E-state index is 15.3. The largest absolute Gasteiger partial charge is 0.309 e. The minimum atomic E-state index is -4.00. The zero-order valence-corrected chi connectivity index (χ0v) is 36.0. The van der Waals surface area contributed by atoms with E-state index in [0.717, 1.165) is 93.9 Å². The van der Waals surface area contributed by atoms with Crippen LogP contribution in [0.2, 0.25) is 0 Å². The summed E-state index contributed by atoms with van der Waals surface area (Å²) in [4.78, 5) is 15.7. The van der Waals surface area contributed by atoms with Gasteiger partial charge in [0.05, 0.1) is 43.0 Å². The fraction of sp³-hybridized carbons (Fsp3) is 0.0172. The van der Waals surface area contributed by atoms with Crippen molar-refractivity contribution in [3.63, 3.8) is 0 Å². The molecule has 1 atom stereocenters. The van der Waals surface area contributed by atoms with E-state index in [9.17, 15) is 0 Å². The Morgan fingerprint density at radius 3 is 1.68 bits per heavy atom. The number of rotatable bonds is 4. The van der Waals surface area contributed by atoms with E-state index in [0.29, 0.717) is 27.3 Å². The highest BCUT2D eigenvalue weighted by Crippen LogP contribution is 2.61. The third-order valence-electron chi connectivity index (χ3n) is 13.8. The minimum absolute atomic E-state index is 0.314. The lowest BCUT2D eigenvalue weighted by Crippen LogP contribution is -2.40. The molecule has 66 heavy (non-hydrogen) atoms. The summed E-state index contributed by atoms with van der Waals surface area (Å²) >= 11 is 0. The maximum atomic E-state index is 15.3. The van der Waals surface area contributed by atoms with Crippen molar-refractivity contribution in [2.75, 3.05) is 0 Å². The average molecular weight is 866 g/mol. The Morgan fingerprint density at radius 1 is 0.394 bits per heavy atom. The quantitative estimate of drug-likeness (QED) is 0.176. The van der Waals surface area contributed by atoms with Gasteiger partial charge in [-0.2, -0.15) is 0 Å². The molecule has 2 aliphatic heterocycles. The summed E-state index contributed by atoms with van der Waals surface area (Å²) in [5, 5.41) is 4.12. The zero-order valence-electron chi connectivity index (χ0n) is 35.2. The van der Waals surface area contributed by atoms with Gasteiger partial charge in [0, 0.05) is 49.5 Å². The molecule has 0 amide bonds. The van der Waals surface area contributed by atoms with E-state index in [1.807, 2.05) is 109 Å². The van der Waals surface area contributed by atoms with Gasteiger partial charge in [-0.1, -0.05) is 164 Å². The Kier molecular flexibility index (Phi) is 7.58. The lowest BCUT2D eigenvalue weighted by atomic mass is 9.62. The highest BCUT2D eigenvalue weighted by molar-refractivity contribution is 7.91. The first kappa shape index (κ1) is 37.0. The first-order valence-corrected chi connectivity index (χ1v) is 23.5.